The molecule has 1 amide bonds. The van der Waals surface area contributed by atoms with Gasteiger partial charge in [-0.05, 0) is 61.7 Å². The van der Waals surface area contributed by atoms with E-state index in [2.05, 4.69) is 5.32 Å². The Morgan fingerprint density at radius 1 is 1.21 bits per heavy atom. The van der Waals surface area contributed by atoms with Gasteiger partial charge in [-0.15, -0.1) is 0 Å². The lowest BCUT2D eigenvalue weighted by Crippen LogP contribution is -2.26. The Morgan fingerprint density at radius 3 is 2.46 bits per heavy atom. The first kappa shape index (κ1) is 20.3. The molecule has 1 heterocycles. The van der Waals surface area contributed by atoms with Crippen molar-refractivity contribution in [1.82, 2.24) is 5.32 Å². The summed E-state index contributed by atoms with van der Waals surface area (Å²) in [5, 5.41) is 7.98. The summed E-state index contributed by atoms with van der Waals surface area (Å²) in [5.74, 6) is 0.465. The van der Waals surface area contributed by atoms with Crippen molar-refractivity contribution in [3.05, 3.63) is 59.7 Å². The minimum atomic E-state index is -3.73. The van der Waals surface area contributed by atoms with Crippen LogP contribution in [0.4, 0.5) is 0 Å². The molecule has 7 nitrogen and oxygen atoms in total. The van der Waals surface area contributed by atoms with Crippen molar-refractivity contribution in [3.63, 3.8) is 0 Å². The molecule has 28 heavy (non-hydrogen) atoms. The van der Waals surface area contributed by atoms with Crippen molar-refractivity contribution < 1.29 is 22.7 Å². The largest absolute Gasteiger partial charge is 0.491 e. The van der Waals surface area contributed by atoms with Crippen LogP contribution < -0.4 is 15.2 Å². The molecule has 0 unspecified atom stereocenters. The Morgan fingerprint density at radius 2 is 1.89 bits per heavy atom. The van der Waals surface area contributed by atoms with Gasteiger partial charge in [0.1, 0.15) is 12.4 Å². The molecule has 1 saturated heterocycles. The molecule has 2 atom stereocenters. The third kappa shape index (κ3) is 5.31. The monoisotopic (exact) mass is 404 g/mol. The molecule has 2 aromatic carbocycles. The molecule has 0 saturated carbocycles. The quantitative estimate of drug-likeness (QED) is 0.737. The summed E-state index contributed by atoms with van der Waals surface area (Å²) in [4.78, 5) is 12.5. The molecule has 1 aliphatic rings. The molecular formula is C20H24N2O5S. The Kier molecular flexibility index (Phi) is 6.33. The fourth-order valence-corrected chi connectivity index (χ4v) is 3.49. The van der Waals surface area contributed by atoms with Crippen molar-refractivity contribution >= 4 is 15.9 Å². The molecule has 2 aromatic rings. The van der Waals surface area contributed by atoms with Gasteiger partial charge >= 0.3 is 0 Å². The maximum absolute atomic E-state index is 12.4. The van der Waals surface area contributed by atoms with E-state index in [1.54, 1.807) is 36.4 Å². The van der Waals surface area contributed by atoms with E-state index in [4.69, 9.17) is 14.6 Å². The van der Waals surface area contributed by atoms with Crippen molar-refractivity contribution in [2.45, 2.75) is 36.8 Å². The van der Waals surface area contributed by atoms with Crippen LogP contribution in [0.2, 0.25) is 0 Å². The maximum atomic E-state index is 12.4. The molecule has 8 heteroatoms. The second-order valence-corrected chi connectivity index (χ2v) is 8.34. The summed E-state index contributed by atoms with van der Waals surface area (Å²) in [6.07, 6.45) is 2.22. The number of carbonyl (C=O) groups excluding carboxylic acids is 1. The van der Waals surface area contributed by atoms with Crippen LogP contribution in [-0.2, 0) is 14.8 Å². The van der Waals surface area contributed by atoms with E-state index < -0.39 is 10.0 Å². The summed E-state index contributed by atoms with van der Waals surface area (Å²) in [6, 6.07) is 12.7. The molecule has 150 valence electrons. The van der Waals surface area contributed by atoms with E-state index in [9.17, 15) is 13.2 Å². The summed E-state index contributed by atoms with van der Waals surface area (Å²) in [7, 11) is -3.73. The van der Waals surface area contributed by atoms with Gasteiger partial charge in [-0.3, -0.25) is 4.79 Å². The first-order chi connectivity index (χ1) is 13.3. The number of ether oxygens (including phenoxy) is 2. The number of hydrogen-bond acceptors (Lipinski definition) is 5. The zero-order valence-electron chi connectivity index (χ0n) is 15.6. The number of sulfonamides is 1. The topological polar surface area (TPSA) is 108 Å². The van der Waals surface area contributed by atoms with Crippen LogP contribution >= 0.6 is 0 Å². The zero-order chi connectivity index (χ0) is 20.1. The minimum Gasteiger partial charge on any atom is -0.491 e. The second-order valence-electron chi connectivity index (χ2n) is 6.78. The number of benzene rings is 2. The van der Waals surface area contributed by atoms with Crippen LogP contribution in [0.25, 0.3) is 0 Å². The van der Waals surface area contributed by atoms with E-state index in [-0.39, 0.29) is 22.9 Å². The lowest BCUT2D eigenvalue weighted by atomic mass is 10.1. The number of hydrogen-bond donors (Lipinski definition) is 2. The predicted molar refractivity (Wildman–Crippen MR) is 105 cm³/mol. The highest BCUT2D eigenvalue weighted by Crippen LogP contribution is 2.19. The van der Waals surface area contributed by atoms with Gasteiger partial charge in [0.05, 0.1) is 17.0 Å². The Bertz CT molecular complexity index is 905. The van der Waals surface area contributed by atoms with Gasteiger partial charge in [0.2, 0.25) is 10.0 Å². The zero-order valence-corrected chi connectivity index (χ0v) is 16.4. The molecule has 0 aliphatic carbocycles. The fourth-order valence-electron chi connectivity index (χ4n) is 2.98. The van der Waals surface area contributed by atoms with E-state index in [1.807, 2.05) is 6.92 Å². The fraction of sp³-hybridized carbons (Fsp3) is 0.350. The highest BCUT2D eigenvalue weighted by Gasteiger charge is 2.16. The predicted octanol–water partition coefficient (Wildman–Crippen LogP) is 2.38. The van der Waals surface area contributed by atoms with E-state index >= 15 is 0 Å². The highest BCUT2D eigenvalue weighted by atomic mass is 32.2. The Hall–Kier alpha value is -2.42. The molecule has 0 spiro atoms. The number of primary sulfonamides is 1. The Labute approximate surface area is 164 Å². The average molecular weight is 404 g/mol. The van der Waals surface area contributed by atoms with Crippen LogP contribution in [0.15, 0.2) is 53.4 Å². The Balaban J connectivity index is 1.56. The lowest BCUT2D eigenvalue weighted by Gasteiger charge is -2.15. The number of amides is 1. The van der Waals surface area contributed by atoms with Gasteiger partial charge in [0, 0.05) is 12.2 Å². The minimum absolute atomic E-state index is 0.0355. The second kappa shape index (κ2) is 8.72. The first-order valence-corrected chi connectivity index (χ1v) is 10.7. The molecule has 0 bridgehead atoms. The SMILES string of the molecule is C[C@@H](NC(=O)c1ccc(OC[C@H]2CCCO2)cc1)c1ccc(S(N)(=O)=O)cc1. The lowest BCUT2D eigenvalue weighted by molar-refractivity contribution is 0.0679. The number of nitrogens with one attached hydrogen (secondary N) is 1. The molecule has 0 radical (unpaired) electrons. The highest BCUT2D eigenvalue weighted by molar-refractivity contribution is 7.89. The van der Waals surface area contributed by atoms with Gasteiger partial charge in [-0.25, -0.2) is 13.6 Å². The van der Waals surface area contributed by atoms with Gasteiger partial charge in [0.15, 0.2) is 0 Å². The summed E-state index contributed by atoms with van der Waals surface area (Å²) in [6.45, 7) is 3.12. The third-order valence-electron chi connectivity index (χ3n) is 4.63. The van der Waals surface area contributed by atoms with Crippen molar-refractivity contribution in [1.29, 1.82) is 0 Å². The van der Waals surface area contributed by atoms with Crippen molar-refractivity contribution in [3.8, 4) is 5.75 Å². The maximum Gasteiger partial charge on any atom is 0.251 e. The third-order valence-corrected chi connectivity index (χ3v) is 5.56. The molecule has 1 fully saturated rings. The van der Waals surface area contributed by atoms with E-state index in [0.29, 0.717) is 17.9 Å². The van der Waals surface area contributed by atoms with Crippen LogP contribution in [0, 0.1) is 0 Å². The van der Waals surface area contributed by atoms with Crippen LogP contribution in [0.3, 0.4) is 0 Å². The number of carbonyl (C=O) groups is 1. The first-order valence-electron chi connectivity index (χ1n) is 9.11. The molecule has 3 rings (SSSR count). The number of nitrogens with two attached hydrogens (primary N) is 1. The van der Waals surface area contributed by atoms with Crippen LogP contribution in [-0.4, -0.2) is 33.6 Å². The molecule has 3 N–H and O–H groups in total. The van der Waals surface area contributed by atoms with Gasteiger partial charge in [-0.1, -0.05) is 12.1 Å². The average Bonchev–Trinajstić information content (AvgIpc) is 3.20. The molecule has 0 aromatic heterocycles. The van der Waals surface area contributed by atoms with Crippen LogP contribution in [0.1, 0.15) is 41.7 Å². The van der Waals surface area contributed by atoms with Crippen molar-refractivity contribution in [2.75, 3.05) is 13.2 Å². The molecular weight excluding hydrogens is 380 g/mol. The summed E-state index contributed by atoms with van der Waals surface area (Å²) in [5.41, 5.74) is 1.29. The molecule has 1 aliphatic heterocycles. The van der Waals surface area contributed by atoms with Gasteiger partial charge in [0.25, 0.3) is 5.91 Å². The smallest absolute Gasteiger partial charge is 0.251 e. The van der Waals surface area contributed by atoms with Gasteiger partial charge in [-0.2, -0.15) is 0 Å². The van der Waals surface area contributed by atoms with E-state index in [0.717, 1.165) is 25.0 Å². The van der Waals surface area contributed by atoms with Crippen molar-refractivity contribution in [2.24, 2.45) is 5.14 Å². The normalized spacial score (nSPS) is 17.9. The number of rotatable bonds is 7. The van der Waals surface area contributed by atoms with E-state index in [1.165, 1.54) is 12.1 Å². The standard InChI is InChI=1S/C20H24N2O5S/c1-14(15-6-10-19(11-7-15)28(21,24)25)22-20(23)16-4-8-17(9-5-16)27-13-18-3-2-12-26-18/h4-11,14,18H,2-3,12-13H2,1H3,(H,22,23)(H2,21,24,25)/t14-,18-/m1/s1. The summed E-state index contributed by atoms with van der Waals surface area (Å²) < 4.78 is 33.8. The van der Waals surface area contributed by atoms with Gasteiger partial charge < -0.3 is 14.8 Å². The van der Waals surface area contributed by atoms with Crippen LogP contribution in [0.5, 0.6) is 5.75 Å². The summed E-state index contributed by atoms with van der Waals surface area (Å²) >= 11 is 0.